The number of hydrogen-bond acceptors (Lipinski definition) is 8. The third-order valence-corrected chi connectivity index (χ3v) is 4.49. The van der Waals surface area contributed by atoms with Gasteiger partial charge in [-0.05, 0) is 12.6 Å². The van der Waals surface area contributed by atoms with E-state index in [-0.39, 0.29) is 18.1 Å². The summed E-state index contributed by atoms with van der Waals surface area (Å²) >= 11 is 0. The number of nitrogens with zero attached hydrogens (tertiary/aromatic N) is 2. The van der Waals surface area contributed by atoms with E-state index in [4.69, 9.17) is 10.8 Å². The fourth-order valence-corrected chi connectivity index (χ4v) is 2.95. The highest BCUT2D eigenvalue weighted by atomic mass is 31.1. The van der Waals surface area contributed by atoms with E-state index in [1.165, 1.54) is 0 Å². The van der Waals surface area contributed by atoms with Gasteiger partial charge in [0.2, 0.25) is 0 Å². The van der Waals surface area contributed by atoms with Crippen LogP contribution in [0.1, 0.15) is 17.8 Å². The largest absolute Gasteiger partial charge is 0.480 e. The summed E-state index contributed by atoms with van der Waals surface area (Å²) in [6.07, 6.45) is -0.258. The number of aliphatic hydroxyl groups is 1. The number of nitrogens with two attached hydrogens (primary N) is 1. The van der Waals surface area contributed by atoms with Crippen molar-refractivity contribution in [2.75, 3.05) is 6.16 Å². The van der Waals surface area contributed by atoms with Crippen molar-refractivity contribution >= 4 is 25.5 Å². The molecule has 0 fully saturated rings. The summed E-state index contributed by atoms with van der Waals surface area (Å²) in [6, 6.07) is 1.34. The van der Waals surface area contributed by atoms with Crippen LogP contribution in [0.4, 0.5) is 11.4 Å². The molecular weight excluding hydrogens is 333 g/mol. The Morgan fingerprint density at radius 2 is 1.70 bits per heavy atom. The van der Waals surface area contributed by atoms with Crippen molar-refractivity contribution < 1.29 is 29.7 Å². The minimum atomic E-state index is -2.17. The third-order valence-electron chi connectivity index (χ3n) is 2.91. The average Bonchev–Trinajstić information content (AvgIpc) is 2.50. The SMILES string of the molecule is NC(CCP(O)C(O)c1cc([N+](=O)[O-])cc([N+](=O)[O-])c1)C(=O)O. The molecule has 3 unspecified atom stereocenters. The topological polar surface area (TPSA) is 190 Å². The highest BCUT2D eigenvalue weighted by Gasteiger charge is 2.25. The van der Waals surface area contributed by atoms with Gasteiger partial charge in [-0.15, -0.1) is 0 Å². The first-order valence-electron chi connectivity index (χ1n) is 6.19. The maximum absolute atomic E-state index is 10.8. The zero-order valence-electron chi connectivity index (χ0n) is 11.6. The Hall–Kier alpha value is -2.20. The lowest BCUT2D eigenvalue weighted by Crippen LogP contribution is -2.30. The molecule has 1 aromatic carbocycles. The lowest BCUT2D eigenvalue weighted by molar-refractivity contribution is -0.394. The van der Waals surface area contributed by atoms with Crippen molar-refractivity contribution in [3.8, 4) is 0 Å². The van der Waals surface area contributed by atoms with Crippen molar-refractivity contribution in [1.29, 1.82) is 0 Å². The summed E-state index contributed by atoms with van der Waals surface area (Å²) in [7, 11) is -2.17. The summed E-state index contributed by atoms with van der Waals surface area (Å²) in [6.45, 7) is 0. The van der Waals surface area contributed by atoms with Crippen LogP contribution in [0.25, 0.3) is 0 Å². The molecule has 126 valence electrons. The molecule has 0 radical (unpaired) electrons. The lowest BCUT2D eigenvalue weighted by atomic mass is 10.2. The highest BCUT2D eigenvalue weighted by molar-refractivity contribution is 7.51. The molecule has 1 aromatic rings. The van der Waals surface area contributed by atoms with Crippen LogP contribution in [0, 0.1) is 20.2 Å². The van der Waals surface area contributed by atoms with Crippen LogP contribution in [0.15, 0.2) is 18.2 Å². The summed E-state index contributed by atoms with van der Waals surface area (Å²) in [5.41, 5.74) is 3.88. The van der Waals surface area contributed by atoms with E-state index in [0.29, 0.717) is 0 Å². The van der Waals surface area contributed by atoms with Gasteiger partial charge in [-0.1, -0.05) is 0 Å². The van der Waals surface area contributed by atoms with Crippen LogP contribution in [-0.4, -0.2) is 43.1 Å². The Morgan fingerprint density at radius 3 is 2.09 bits per heavy atom. The number of rotatable bonds is 8. The number of non-ortho nitro benzene ring substituents is 2. The minimum Gasteiger partial charge on any atom is -0.480 e. The Morgan fingerprint density at radius 1 is 1.22 bits per heavy atom. The van der Waals surface area contributed by atoms with E-state index in [1.807, 2.05) is 0 Å². The number of hydrogen-bond donors (Lipinski definition) is 4. The lowest BCUT2D eigenvalue weighted by Gasteiger charge is -2.18. The Balaban J connectivity index is 2.97. The fourth-order valence-electron chi connectivity index (χ4n) is 1.67. The second kappa shape index (κ2) is 7.88. The van der Waals surface area contributed by atoms with Crippen LogP contribution in [0.2, 0.25) is 0 Å². The van der Waals surface area contributed by atoms with Gasteiger partial charge in [0.1, 0.15) is 11.9 Å². The number of carboxylic acids is 1. The first-order chi connectivity index (χ1) is 10.6. The normalized spacial score (nSPS) is 14.7. The summed E-state index contributed by atoms with van der Waals surface area (Å²) in [4.78, 5) is 40.3. The molecule has 3 atom stereocenters. The van der Waals surface area contributed by atoms with E-state index in [0.717, 1.165) is 18.2 Å². The number of aliphatic hydroxyl groups excluding tert-OH is 1. The van der Waals surface area contributed by atoms with Gasteiger partial charge in [0.15, 0.2) is 0 Å². The number of aliphatic carboxylic acids is 1. The summed E-state index contributed by atoms with van der Waals surface area (Å²) in [5, 5.41) is 40.2. The molecule has 11 nitrogen and oxygen atoms in total. The van der Waals surface area contributed by atoms with Gasteiger partial charge < -0.3 is 20.8 Å². The Labute approximate surface area is 130 Å². The van der Waals surface area contributed by atoms with Gasteiger partial charge in [-0.25, -0.2) is 0 Å². The van der Waals surface area contributed by atoms with Crippen molar-refractivity contribution in [1.82, 2.24) is 0 Å². The standard InChI is InChI=1S/C11H14N3O8P/c12-9(10(15)16)1-2-23(22)11(17)6-3-7(13(18)19)5-8(4-6)14(20)21/h3-5,9,11,17,22H,1-2,12H2,(H,15,16). The van der Waals surface area contributed by atoms with Gasteiger partial charge >= 0.3 is 5.97 Å². The first-order valence-corrected chi connectivity index (χ1v) is 7.74. The minimum absolute atomic E-state index is 0.119. The zero-order valence-corrected chi connectivity index (χ0v) is 12.5. The molecule has 0 saturated heterocycles. The van der Waals surface area contributed by atoms with E-state index in [9.17, 15) is 35.0 Å². The molecule has 0 spiro atoms. The molecule has 0 amide bonds. The van der Waals surface area contributed by atoms with Crippen LogP contribution in [-0.2, 0) is 4.79 Å². The number of carbonyl (C=O) groups is 1. The zero-order chi connectivity index (χ0) is 17.7. The number of nitro groups is 2. The van der Waals surface area contributed by atoms with E-state index in [1.54, 1.807) is 0 Å². The predicted octanol–water partition coefficient (Wildman–Crippen LogP) is 0.685. The van der Waals surface area contributed by atoms with Crippen LogP contribution >= 0.6 is 8.15 Å². The smallest absolute Gasteiger partial charge is 0.320 e. The quantitative estimate of drug-likeness (QED) is 0.297. The number of nitro benzene ring substituents is 2. The molecule has 0 bridgehead atoms. The van der Waals surface area contributed by atoms with Gasteiger partial charge in [0.25, 0.3) is 11.4 Å². The van der Waals surface area contributed by atoms with Crippen LogP contribution in [0.3, 0.4) is 0 Å². The maximum atomic E-state index is 10.8. The fraction of sp³-hybridized carbons (Fsp3) is 0.364. The molecule has 12 heteroatoms. The van der Waals surface area contributed by atoms with Crippen molar-refractivity contribution in [3.05, 3.63) is 44.0 Å². The number of benzene rings is 1. The molecule has 1 rings (SSSR count). The molecule has 0 aliphatic carbocycles. The molecular formula is C11H14N3O8P. The van der Waals surface area contributed by atoms with Crippen LogP contribution in [0.5, 0.6) is 0 Å². The van der Waals surface area contributed by atoms with Gasteiger partial charge in [-0.2, -0.15) is 0 Å². The molecule has 5 N–H and O–H groups in total. The van der Waals surface area contributed by atoms with E-state index < -0.39 is 47.2 Å². The molecule has 0 aromatic heterocycles. The summed E-state index contributed by atoms with van der Waals surface area (Å²) in [5.74, 6) is -2.86. The molecule has 0 saturated carbocycles. The number of carboxylic acid groups (broad SMARTS) is 1. The molecule has 0 aliphatic heterocycles. The van der Waals surface area contributed by atoms with Gasteiger partial charge in [-0.3, -0.25) is 25.0 Å². The van der Waals surface area contributed by atoms with Crippen molar-refractivity contribution in [3.63, 3.8) is 0 Å². The highest BCUT2D eigenvalue weighted by Crippen LogP contribution is 2.47. The first kappa shape index (κ1) is 18.8. The molecule has 0 aliphatic rings. The third kappa shape index (κ3) is 5.18. The van der Waals surface area contributed by atoms with E-state index >= 15 is 0 Å². The van der Waals surface area contributed by atoms with Gasteiger partial charge in [0.05, 0.1) is 24.1 Å². The Bertz CT molecular complexity index is 593. The van der Waals surface area contributed by atoms with Gasteiger partial charge in [0, 0.05) is 17.7 Å². The van der Waals surface area contributed by atoms with E-state index in [2.05, 4.69) is 0 Å². The molecule has 0 heterocycles. The average molecular weight is 347 g/mol. The maximum Gasteiger partial charge on any atom is 0.320 e. The Kier molecular flexibility index (Phi) is 6.46. The molecule has 23 heavy (non-hydrogen) atoms. The van der Waals surface area contributed by atoms with Crippen LogP contribution < -0.4 is 5.73 Å². The van der Waals surface area contributed by atoms with Crippen molar-refractivity contribution in [2.24, 2.45) is 5.73 Å². The monoisotopic (exact) mass is 347 g/mol. The second-order valence-electron chi connectivity index (χ2n) is 4.57. The second-order valence-corrected chi connectivity index (χ2v) is 6.38. The predicted molar refractivity (Wildman–Crippen MR) is 78.9 cm³/mol. The van der Waals surface area contributed by atoms with Crippen molar-refractivity contribution in [2.45, 2.75) is 18.3 Å². The summed E-state index contributed by atoms with van der Waals surface area (Å²) < 4.78 is 0.